The van der Waals surface area contributed by atoms with Crippen molar-refractivity contribution >= 4 is 5.97 Å². The van der Waals surface area contributed by atoms with Crippen LogP contribution in [0.15, 0.2) is 0 Å². The minimum Gasteiger partial charge on any atom is -0.456 e. The summed E-state index contributed by atoms with van der Waals surface area (Å²) in [6, 6.07) is 0. The van der Waals surface area contributed by atoms with Crippen LogP contribution in [0, 0.1) is 0 Å². The predicted molar refractivity (Wildman–Crippen MR) is 56.5 cm³/mol. The lowest BCUT2D eigenvalue weighted by Crippen LogP contribution is -2.52. The van der Waals surface area contributed by atoms with E-state index in [-0.39, 0.29) is 6.54 Å². The molecule has 0 amide bonds. The molecule has 1 atom stereocenters. The molecular weight excluding hydrogens is 232 g/mol. The highest BCUT2D eigenvalue weighted by molar-refractivity contribution is 5.79. The average molecular weight is 249 g/mol. The normalized spacial score (nSPS) is 30.5. The molecule has 0 saturated carbocycles. The van der Waals surface area contributed by atoms with Crippen molar-refractivity contribution in [2.75, 3.05) is 39.8 Å². The van der Waals surface area contributed by atoms with Gasteiger partial charge in [0.1, 0.15) is 6.10 Å². The Kier molecular flexibility index (Phi) is 3.60. The lowest BCUT2D eigenvalue weighted by molar-refractivity contribution is -0.159. The molecule has 0 spiro atoms. The number of ether oxygens (including phenoxy) is 1. The van der Waals surface area contributed by atoms with Crippen molar-refractivity contribution in [2.45, 2.75) is 18.4 Å². The number of carbonyl (C=O) groups is 1. The van der Waals surface area contributed by atoms with Crippen LogP contribution in [0.1, 0.15) is 6.42 Å². The SMILES string of the molecule is CN1CCN(NCC2CC(F)(F)C(=O)O2)CC1. The number of nitrogens with zero attached hydrogens (tertiary/aromatic N) is 2. The first kappa shape index (κ1) is 12.7. The first-order chi connectivity index (χ1) is 7.97. The van der Waals surface area contributed by atoms with Crippen LogP contribution in [0.5, 0.6) is 0 Å². The van der Waals surface area contributed by atoms with Crippen LogP contribution in [-0.2, 0) is 9.53 Å². The molecule has 2 rings (SSSR count). The predicted octanol–water partition coefficient (Wildman–Crippen LogP) is -0.311. The number of rotatable bonds is 3. The number of piperazine rings is 1. The van der Waals surface area contributed by atoms with Gasteiger partial charge in [-0.1, -0.05) is 0 Å². The molecular formula is C10H17F2N3O2. The molecule has 5 nitrogen and oxygen atoms in total. The van der Waals surface area contributed by atoms with E-state index in [0.717, 1.165) is 26.2 Å². The Bertz CT molecular complexity index is 293. The number of nitrogens with one attached hydrogen (secondary N) is 1. The minimum absolute atomic E-state index is 0.255. The van der Waals surface area contributed by atoms with Gasteiger partial charge >= 0.3 is 11.9 Å². The van der Waals surface area contributed by atoms with Gasteiger partial charge in [-0.2, -0.15) is 8.78 Å². The minimum atomic E-state index is -3.31. The molecule has 98 valence electrons. The molecule has 0 aromatic rings. The van der Waals surface area contributed by atoms with Gasteiger partial charge in [-0.3, -0.25) is 5.43 Å². The number of carbonyl (C=O) groups excluding carboxylic acids is 1. The van der Waals surface area contributed by atoms with Gasteiger partial charge in [-0.25, -0.2) is 9.80 Å². The fourth-order valence-corrected chi connectivity index (χ4v) is 1.96. The van der Waals surface area contributed by atoms with Crippen LogP contribution in [0.25, 0.3) is 0 Å². The zero-order chi connectivity index (χ0) is 12.5. The van der Waals surface area contributed by atoms with Crippen molar-refractivity contribution in [1.82, 2.24) is 15.3 Å². The number of cyclic esters (lactones) is 1. The first-order valence-electron chi connectivity index (χ1n) is 5.73. The maximum Gasteiger partial charge on any atom is 0.377 e. The Morgan fingerprint density at radius 1 is 1.41 bits per heavy atom. The Balaban J connectivity index is 1.71. The van der Waals surface area contributed by atoms with Gasteiger partial charge in [-0.15, -0.1) is 0 Å². The molecule has 0 aliphatic carbocycles. The third-order valence-electron chi connectivity index (χ3n) is 3.10. The van der Waals surface area contributed by atoms with E-state index >= 15 is 0 Å². The molecule has 0 aromatic heterocycles. The standard InChI is InChI=1S/C10H17F2N3O2/c1-14-2-4-15(5-3-14)13-7-8-6-10(11,12)9(16)17-8/h8,13H,2-7H2,1H3. The van der Waals surface area contributed by atoms with E-state index in [1.165, 1.54) is 0 Å². The van der Waals surface area contributed by atoms with Crippen LogP contribution in [0.2, 0.25) is 0 Å². The summed E-state index contributed by atoms with van der Waals surface area (Å²) < 4.78 is 30.4. The number of esters is 1. The summed E-state index contributed by atoms with van der Waals surface area (Å²) in [6.45, 7) is 3.81. The summed E-state index contributed by atoms with van der Waals surface area (Å²) in [7, 11) is 2.04. The highest BCUT2D eigenvalue weighted by Crippen LogP contribution is 2.30. The summed E-state index contributed by atoms with van der Waals surface area (Å²) in [4.78, 5) is 13.0. The highest BCUT2D eigenvalue weighted by Gasteiger charge is 2.50. The average Bonchev–Trinajstić information content (AvgIpc) is 2.52. The van der Waals surface area contributed by atoms with Crippen molar-refractivity contribution < 1.29 is 18.3 Å². The maximum atomic E-state index is 12.9. The van der Waals surface area contributed by atoms with E-state index in [9.17, 15) is 13.6 Å². The molecule has 0 radical (unpaired) electrons. The molecule has 7 heteroatoms. The molecule has 1 N–H and O–H groups in total. The van der Waals surface area contributed by atoms with Crippen molar-refractivity contribution in [2.24, 2.45) is 0 Å². The van der Waals surface area contributed by atoms with Gasteiger partial charge in [0.15, 0.2) is 0 Å². The van der Waals surface area contributed by atoms with E-state index in [1.54, 1.807) is 0 Å². The molecule has 2 saturated heterocycles. The third kappa shape index (κ3) is 3.11. The van der Waals surface area contributed by atoms with Crippen LogP contribution >= 0.6 is 0 Å². The van der Waals surface area contributed by atoms with Crippen LogP contribution in [0.4, 0.5) is 8.78 Å². The molecule has 2 aliphatic heterocycles. The maximum absolute atomic E-state index is 12.9. The van der Waals surface area contributed by atoms with Gasteiger partial charge in [0.25, 0.3) is 0 Å². The number of alkyl halides is 2. The zero-order valence-electron chi connectivity index (χ0n) is 9.79. The molecule has 2 aliphatic rings. The number of likely N-dealkylation sites (N-methyl/N-ethyl adjacent to an activating group) is 1. The molecule has 2 heterocycles. The van der Waals surface area contributed by atoms with E-state index in [1.807, 2.05) is 12.1 Å². The number of halogens is 2. The Morgan fingerprint density at radius 2 is 2.06 bits per heavy atom. The monoisotopic (exact) mass is 249 g/mol. The van der Waals surface area contributed by atoms with Crippen molar-refractivity contribution in [1.29, 1.82) is 0 Å². The lowest BCUT2D eigenvalue weighted by Gasteiger charge is -2.33. The van der Waals surface area contributed by atoms with Crippen LogP contribution in [-0.4, -0.2) is 67.7 Å². The number of hydrogen-bond acceptors (Lipinski definition) is 5. The zero-order valence-corrected chi connectivity index (χ0v) is 9.79. The number of hydrogen-bond donors (Lipinski definition) is 1. The van der Waals surface area contributed by atoms with Gasteiger partial charge < -0.3 is 9.64 Å². The smallest absolute Gasteiger partial charge is 0.377 e. The fraction of sp³-hybridized carbons (Fsp3) is 0.900. The summed E-state index contributed by atoms with van der Waals surface area (Å²) in [5.41, 5.74) is 3.04. The fourth-order valence-electron chi connectivity index (χ4n) is 1.96. The van der Waals surface area contributed by atoms with Gasteiger partial charge in [0.2, 0.25) is 0 Å². The Hall–Kier alpha value is -0.790. The van der Waals surface area contributed by atoms with E-state index < -0.39 is 24.4 Å². The van der Waals surface area contributed by atoms with Crippen molar-refractivity contribution in [3.05, 3.63) is 0 Å². The van der Waals surface area contributed by atoms with Crippen molar-refractivity contribution in [3.8, 4) is 0 Å². The molecule has 0 aromatic carbocycles. The second-order valence-electron chi connectivity index (χ2n) is 4.59. The Labute approximate surface area is 98.7 Å². The highest BCUT2D eigenvalue weighted by atomic mass is 19.3. The van der Waals surface area contributed by atoms with E-state index in [0.29, 0.717) is 0 Å². The van der Waals surface area contributed by atoms with E-state index in [4.69, 9.17) is 0 Å². The summed E-state index contributed by atoms with van der Waals surface area (Å²) in [5.74, 6) is -4.71. The van der Waals surface area contributed by atoms with Crippen LogP contribution in [0.3, 0.4) is 0 Å². The molecule has 0 bridgehead atoms. The molecule has 2 fully saturated rings. The van der Waals surface area contributed by atoms with Crippen LogP contribution < -0.4 is 5.43 Å². The topological polar surface area (TPSA) is 44.8 Å². The summed E-state index contributed by atoms with van der Waals surface area (Å²) in [6.07, 6.45) is -1.25. The third-order valence-corrected chi connectivity index (χ3v) is 3.10. The molecule has 17 heavy (non-hydrogen) atoms. The summed E-state index contributed by atoms with van der Waals surface area (Å²) >= 11 is 0. The van der Waals surface area contributed by atoms with Crippen molar-refractivity contribution in [3.63, 3.8) is 0 Å². The first-order valence-corrected chi connectivity index (χ1v) is 5.73. The lowest BCUT2D eigenvalue weighted by atomic mass is 10.2. The number of hydrazine groups is 1. The van der Waals surface area contributed by atoms with Gasteiger partial charge in [0.05, 0.1) is 6.42 Å². The summed E-state index contributed by atoms with van der Waals surface area (Å²) in [5, 5.41) is 1.98. The quantitative estimate of drug-likeness (QED) is 0.695. The molecule has 1 unspecified atom stereocenters. The Morgan fingerprint density at radius 3 is 2.59 bits per heavy atom. The largest absolute Gasteiger partial charge is 0.456 e. The van der Waals surface area contributed by atoms with Gasteiger partial charge in [0, 0.05) is 32.7 Å². The second kappa shape index (κ2) is 4.83. The second-order valence-corrected chi connectivity index (χ2v) is 4.59. The van der Waals surface area contributed by atoms with Gasteiger partial charge in [-0.05, 0) is 7.05 Å². The van der Waals surface area contributed by atoms with E-state index in [2.05, 4.69) is 15.1 Å².